The maximum atomic E-state index is 9.02. The Hall–Kier alpha value is -1.57. The number of hydrogen-bond acceptors (Lipinski definition) is 4. The van der Waals surface area contributed by atoms with Crippen molar-refractivity contribution in [1.82, 2.24) is 4.90 Å². The predicted molar refractivity (Wildman–Crippen MR) is 81.4 cm³/mol. The molecular weight excluding hydrogens is 250 g/mol. The van der Waals surface area contributed by atoms with E-state index in [1.807, 2.05) is 32.0 Å². The molecule has 2 N–H and O–H groups in total. The lowest BCUT2D eigenvalue weighted by Crippen LogP contribution is -2.41. The summed E-state index contributed by atoms with van der Waals surface area (Å²) >= 11 is 0. The van der Waals surface area contributed by atoms with E-state index >= 15 is 0 Å². The standard InChI is InChI=1S/C16H25N3O/c1-5-19(11-12(2)10-17)16(13(3)18)14-7-6-8-15(9-14)20-4/h6-9,12-13,16H,5,11,18H2,1-4H3. The van der Waals surface area contributed by atoms with E-state index in [0.29, 0.717) is 0 Å². The van der Waals surface area contributed by atoms with Crippen LogP contribution in [-0.4, -0.2) is 31.1 Å². The van der Waals surface area contributed by atoms with Crippen molar-refractivity contribution in [1.29, 1.82) is 5.26 Å². The minimum atomic E-state index is -0.0204. The highest BCUT2D eigenvalue weighted by atomic mass is 16.5. The molecule has 0 spiro atoms. The Bertz CT molecular complexity index is 453. The van der Waals surface area contributed by atoms with Crippen LogP contribution in [0.3, 0.4) is 0 Å². The Balaban J connectivity index is 3.05. The van der Waals surface area contributed by atoms with Crippen molar-refractivity contribution in [3.63, 3.8) is 0 Å². The quantitative estimate of drug-likeness (QED) is 0.830. The zero-order valence-electron chi connectivity index (χ0n) is 12.8. The number of methoxy groups -OCH3 is 1. The zero-order chi connectivity index (χ0) is 15.1. The summed E-state index contributed by atoms with van der Waals surface area (Å²) in [6, 6.07) is 10.3. The van der Waals surface area contributed by atoms with E-state index in [1.54, 1.807) is 7.11 Å². The molecule has 0 radical (unpaired) electrons. The lowest BCUT2D eigenvalue weighted by Gasteiger charge is -2.34. The minimum Gasteiger partial charge on any atom is -0.497 e. The van der Waals surface area contributed by atoms with Crippen LogP contribution in [0.1, 0.15) is 32.4 Å². The molecule has 0 heterocycles. The molecule has 1 rings (SSSR count). The van der Waals surface area contributed by atoms with Crippen LogP contribution in [-0.2, 0) is 0 Å². The molecule has 0 amide bonds. The summed E-state index contributed by atoms with van der Waals surface area (Å²) < 4.78 is 5.29. The normalized spacial score (nSPS) is 15.4. The molecule has 0 fully saturated rings. The monoisotopic (exact) mass is 275 g/mol. The maximum absolute atomic E-state index is 9.02. The number of benzene rings is 1. The van der Waals surface area contributed by atoms with Gasteiger partial charge < -0.3 is 10.5 Å². The number of rotatable bonds is 7. The van der Waals surface area contributed by atoms with E-state index in [-0.39, 0.29) is 18.0 Å². The molecule has 3 unspecified atom stereocenters. The van der Waals surface area contributed by atoms with Crippen LogP contribution >= 0.6 is 0 Å². The van der Waals surface area contributed by atoms with Crippen LogP contribution in [0.25, 0.3) is 0 Å². The number of hydrogen-bond donors (Lipinski definition) is 1. The van der Waals surface area contributed by atoms with Crippen molar-refractivity contribution in [2.45, 2.75) is 32.9 Å². The maximum Gasteiger partial charge on any atom is 0.119 e. The molecule has 0 saturated heterocycles. The van der Waals surface area contributed by atoms with E-state index in [1.165, 1.54) is 0 Å². The summed E-state index contributed by atoms with van der Waals surface area (Å²) in [4.78, 5) is 2.26. The number of nitriles is 1. The van der Waals surface area contributed by atoms with E-state index < -0.39 is 0 Å². The Labute approximate surface area is 122 Å². The topological polar surface area (TPSA) is 62.3 Å². The van der Waals surface area contributed by atoms with Crippen molar-refractivity contribution >= 4 is 0 Å². The molecule has 0 aromatic heterocycles. The fraction of sp³-hybridized carbons (Fsp3) is 0.562. The van der Waals surface area contributed by atoms with Gasteiger partial charge >= 0.3 is 0 Å². The number of ether oxygens (including phenoxy) is 1. The van der Waals surface area contributed by atoms with Crippen molar-refractivity contribution < 1.29 is 4.74 Å². The lowest BCUT2D eigenvalue weighted by molar-refractivity contribution is 0.173. The molecule has 0 aliphatic rings. The van der Waals surface area contributed by atoms with Gasteiger partial charge in [-0.05, 0) is 38.1 Å². The number of nitrogens with zero attached hydrogens (tertiary/aromatic N) is 2. The largest absolute Gasteiger partial charge is 0.497 e. The molecule has 0 aliphatic heterocycles. The van der Waals surface area contributed by atoms with Crippen LogP contribution in [0.5, 0.6) is 5.75 Å². The van der Waals surface area contributed by atoms with Crippen LogP contribution in [0.4, 0.5) is 0 Å². The van der Waals surface area contributed by atoms with Crippen LogP contribution in [0.15, 0.2) is 24.3 Å². The second-order valence-corrected chi connectivity index (χ2v) is 5.20. The average Bonchev–Trinajstić information content (AvgIpc) is 2.46. The highest BCUT2D eigenvalue weighted by molar-refractivity contribution is 5.31. The van der Waals surface area contributed by atoms with Gasteiger partial charge in [-0.25, -0.2) is 0 Å². The molecule has 0 bridgehead atoms. The molecule has 1 aromatic carbocycles. The summed E-state index contributed by atoms with van der Waals surface area (Å²) in [6.07, 6.45) is 0. The molecule has 110 valence electrons. The van der Waals surface area contributed by atoms with Gasteiger partial charge in [0.2, 0.25) is 0 Å². The zero-order valence-corrected chi connectivity index (χ0v) is 12.8. The van der Waals surface area contributed by atoms with Gasteiger partial charge in [0.05, 0.1) is 19.1 Å². The van der Waals surface area contributed by atoms with Gasteiger partial charge in [-0.15, -0.1) is 0 Å². The van der Waals surface area contributed by atoms with Crippen LogP contribution in [0.2, 0.25) is 0 Å². The van der Waals surface area contributed by atoms with E-state index in [4.69, 9.17) is 15.7 Å². The predicted octanol–water partition coefficient (Wildman–Crippen LogP) is 2.57. The first-order chi connectivity index (χ1) is 9.53. The summed E-state index contributed by atoms with van der Waals surface area (Å²) in [6.45, 7) is 7.61. The van der Waals surface area contributed by atoms with Gasteiger partial charge in [0, 0.05) is 18.6 Å². The highest BCUT2D eigenvalue weighted by Gasteiger charge is 2.24. The first-order valence-electron chi connectivity index (χ1n) is 7.06. The van der Waals surface area contributed by atoms with E-state index in [0.717, 1.165) is 24.4 Å². The third kappa shape index (κ3) is 4.22. The smallest absolute Gasteiger partial charge is 0.119 e. The molecule has 4 heteroatoms. The Morgan fingerprint density at radius 2 is 2.10 bits per heavy atom. The van der Waals surface area contributed by atoms with Crippen molar-refractivity contribution in [2.24, 2.45) is 11.7 Å². The second kappa shape index (κ2) is 7.88. The third-order valence-corrected chi connectivity index (χ3v) is 3.46. The Kier molecular flexibility index (Phi) is 6.50. The Morgan fingerprint density at radius 1 is 1.40 bits per heavy atom. The molecular formula is C16H25N3O. The highest BCUT2D eigenvalue weighted by Crippen LogP contribution is 2.27. The van der Waals surface area contributed by atoms with Crippen LogP contribution < -0.4 is 10.5 Å². The fourth-order valence-electron chi connectivity index (χ4n) is 2.50. The van der Waals surface area contributed by atoms with Gasteiger partial charge in [0.1, 0.15) is 5.75 Å². The molecule has 20 heavy (non-hydrogen) atoms. The first kappa shape index (κ1) is 16.5. The van der Waals surface area contributed by atoms with Crippen LogP contribution in [0, 0.1) is 17.2 Å². The summed E-state index contributed by atoms with van der Waals surface area (Å²) in [7, 11) is 1.66. The average molecular weight is 275 g/mol. The summed E-state index contributed by atoms with van der Waals surface area (Å²) in [5.41, 5.74) is 7.32. The van der Waals surface area contributed by atoms with E-state index in [2.05, 4.69) is 24.0 Å². The number of nitrogens with two attached hydrogens (primary N) is 1. The summed E-state index contributed by atoms with van der Waals surface area (Å²) in [5, 5.41) is 9.02. The SMILES string of the molecule is CCN(CC(C)C#N)C(c1cccc(OC)c1)C(C)N. The molecule has 1 aromatic rings. The lowest BCUT2D eigenvalue weighted by atomic mass is 9.97. The molecule has 3 atom stereocenters. The van der Waals surface area contributed by atoms with Gasteiger partial charge in [-0.2, -0.15) is 5.26 Å². The molecule has 0 aliphatic carbocycles. The fourth-order valence-corrected chi connectivity index (χ4v) is 2.50. The van der Waals surface area contributed by atoms with Gasteiger partial charge in [0.25, 0.3) is 0 Å². The van der Waals surface area contributed by atoms with Gasteiger partial charge in [-0.1, -0.05) is 19.1 Å². The summed E-state index contributed by atoms with van der Waals surface area (Å²) in [5.74, 6) is 0.819. The van der Waals surface area contributed by atoms with Crippen molar-refractivity contribution in [3.05, 3.63) is 29.8 Å². The van der Waals surface area contributed by atoms with Crippen molar-refractivity contribution in [2.75, 3.05) is 20.2 Å². The minimum absolute atomic E-state index is 0.0122. The van der Waals surface area contributed by atoms with Gasteiger partial charge in [-0.3, -0.25) is 4.90 Å². The van der Waals surface area contributed by atoms with E-state index in [9.17, 15) is 0 Å². The second-order valence-electron chi connectivity index (χ2n) is 5.20. The molecule has 0 saturated carbocycles. The third-order valence-electron chi connectivity index (χ3n) is 3.46. The first-order valence-corrected chi connectivity index (χ1v) is 7.06. The molecule has 4 nitrogen and oxygen atoms in total. The van der Waals surface area contributed by atoms with Gasteiger partial charge in [0.15, 0.2) is 0 Å². The number of likely N-dealkylation sites (N-methyl/N-ethyl adjacent to an activating group) is 1. The Morgan fingerprint density at radius 3 is 2.60 bits per heavy atom. The van der Waals surface area contributed by atoms with Crippen molar-refractivity contribution in [3.8, 4) is 11.8 Å².